The number of unbranched alkanes of at least 4 members (excludes halogenated alkanes) is 31. The first kappa shape index (κ1) is 58.4. The van der Waals surface area contributed by atoms with Crippen molar-refractivity contribution in [2.75, 3.05) is 13.2 Å². The summed E-state index contributed by atoms with van der Waals surface area (Å²) in [7, 11) is 0. The number of carbonyl (C=O) groups excluding carboxylic acids is 3. The maximum Gasteiger partial charge on any atom is 0.306 e. The zero-order valence-corrected chi connectivity index (χ0v) is 40.4. The predicted molar refractivity (Wildman–Crippen MR) is 261 cm³/mol. The van der Waals surface area contributed by atoms with E-state index in [1.807, 2.05) is 18.2 Å². The predicted octanol–water partition coefficient (Wildman–Crippen LogP) is 17.1. The van der Waals surface area contributed by atoms with Gasteiger partial charge < -0.3 is 14.2 Å². The molecule has 0 saturated heterocycles. The molecule has 0 N–H and O–H groups in total. The molecule has 0 bridgehead atoms. The van der Waals surface area contributed by atoms with Crippen molar-refractivity contribution in [3.05, 3.63) is 48.6 Å². The Balaban J connectivity index is 4.29. The Hall–Kier alpha value is -2.63. The molecule has 0 fully saturated rings. The lowest BCUT2D eigenvalue weighted by atomic mass is 10.0. The second-order valence-corrected chi connectivity index (χ2v) is 17.5. The molecule has 0 rings (SSSR count). The third kappa shape index (κ3) is 48.3. The van der Waals surface area contributed by atoms with Gasteiger partial charge in [0.1, 0.15) is 13.2 Å². The van der Waals surface area contributed by atoms with Crippen LogP contribution in [0.2, 0.25) is 0 Å². The van der Waals surface area contributed by atoms with Crippen LogP contribution in [-0.2, 0) is 28.6 Å². The molecule has 354 valence electrons. The highest BCUT2D eigenvalue weighted by atomic mass is 16.6. The molecular formula is C55H98O6. The first-order valence-electron chi connectivity index (χ1n) is 26.2. The molecule has 0 aromatic rings. The molecule has 0 aromatic heterocycles. The molecule has 61 heavy (non-hydrogen) atoms. The van der Waals surface area contributed by atoms with E-state index in [0.717, 1.165) is 83.5 Å². The summed E-state index contributed by atoms with van der Waals surface area (Å²) in [5, 5.41) is 0. The van der Waals surface area contributed by atoms with Crippen LogP contribution in [0.5, 0.6) is 0 Å². The Morgan fingerprint density at radius 3 is 1.00 bits per heavy atom. The zero-order valence-electron chi connectivity index (χ0n) is 40.4. The molecule has 6 nitrogen and oxygen atoms in total. The fraction of sp³-hybridized carbons (Fsp3) is 0.800. The van der Waals surface area contributed by atoms with E-state index in [-0.39, 0.29) is 31.1 Å². The molecule has 0 aromatic carbocycles. The Kier molecular flexibility index (Phi) is 47.9. The number of allylic oxidation sites excluding steroid dienone is 8. The summed E-state index contributed by atoms with van der Waals surface area (Å²) in [5.41, 5.74) is 0. The Morgan fingerprint density at radius 1 is 0.344 bits per heavy atom. The highest BCUT2D eigenvalue weighted by Crippen LogP contribution is 2.16. The van der Waals surface area contributed by atoms with Gasteiger partial charge in [0, 0.05) is 19.3 Å². The lowest BCUT2D eigenvalue weighted by Gasteiger charge is -2.18. The first-order chi connectivity index (χ1) is 30.0. The van der Waals surface area contributed by atoms with Crippen molar-refractivity contribution in [3.8, 4) is 0 Å². The van der Waals surface area contributed by atoms with Gasteiger partial charge in [0.2, 0.25) is 0 Å². The minimum Gasteiger partial charge on any atom is -0.462 e. The molecule has 0 aliphatic carbocycles. The van der Waals surface area contributed by atoms with Crippen LogP contribution in [-0.4, -0.2) is 37.2 Å². The summed E-state index contributed by atoms with van der Waals surface area (Å²) >= 11 is 0. The van der Waals surface area contributed by atoms with Gasteiger partial charge >= 0.3 is 17.9 Å². The molecular weight excluding hydrogens is 757 g/mol. The summed E-state index contributed by atoms with van der Waals surface area (Å²) in [5.74, 6) is -0.896. The third-order valence-corrected chi connectivity index (χ3v) is 11.4. The van der Waals surface area contributed by atoms with E-state index in [4.69, 9.17) is 14.2 Å². The summed E-state index contributed by atoms with van der Waals surface area (Å²) in [6.45, 7) is 6.48. The van der Waals surface area contributed by atoms with E-state index in [0.29, 0.717) is 19.3 Å². The highest BCUT2D eigenvalue weighted by molar-refractivity contribution is 5.71. The molecule has 0 spiro atoms. The summed E-state index contributed by atoms with van der Waals surface area (Å²) in [6.07, 6.45) is 59.6. The number of rotatable bonds is 47. The van der Waals surface area contributed by atoms with Crippen molar-refractivity contribution < 1.29 is 28.6 Å². The van der Waals surface area contributed by atoms with Gasteiger partial charge in [0.25, 0.3) is 0 Å². The van der Waals surface area contributed by atoms with E-state index in [2.05, 4.69) is 51.2 Å². The van der Waals surface area contributed by atoms with Crippen molar-refractivity contribution in [1.29, 1.82) is 0 Å². The van der Waals surface area contributed by atoms with Crippen LogP contribution in [0.1, 0.15) is 265 Å². The van der Waals surface area contributed by atoms with E-state index >= 15 is 0 Å². The van der Waals surface area contributed by atoms with Crippen molar-refractivity contribution in [2.24, 2.45) is 0 Å². The molecule has 0 saturated carbocycles. The van der Waals surface area contributed by atoms with Gasteiger partial charge in [-0.3, -0.25) is 14.4 Å². The topological polar surface area (TPSA) is 78.9 Å². The quantitative estimate of drug-likeness (QED) is 0.0263. The van der Waals surface area contributed by atoms with E-state index in [1.54, 1.807) is 0 Å². The van der Waals surface area contributed by atoms with Gasteiger partial charge in [-0.05, 0) is 38.5 Å². The van der Waals surface area contributed by atoms with Crippen LogP contribution < -0.4 is 0 Å². The summed E-state index contributed by atoms with van der Waals surface area (Å²) in [6, 6.07) is 0. The van der Waals surface area contributed by atoms with Crippen LogP contribution in [0.4, 0.5) is 0 Å². The fourth-order valence-electron chi connectivity index (χ4n) is 7.51. The van der Waals surface area contributed by atoms with Crippen molar-refractivity contribution in [1.82, 2.24) is 0 Å². The van der Waals surface area contributed by atoms with E-state index in [9.17, 15) is 14.4 Å². The molecule has 0 heterocycles. The minimum atomic E-state index is -0.780. The zero-order chi connectivity index (χ0) is 44.4. The van der Waals surface area contributed by atoms with E-state index in [1.165, 1.54) is 141 Å². The maximum absolute atomic E-state index is 12.8. The lowest BCUT2D eigenvalue weighted by molar-refractivity contribution is -0.167. The highest BCUT2D eigenvalue weighted by Gasteiger charge is 2.19. The number of hydrogen-bond acceptors (Lipinski definition) is 6. The van der Waals surface area contributed by atoms with Gasteiger partial charge in [-0.25, -0.2) is 0 Å². The number of esters is 3. The standard InChI is InChI=1S/C55H98O6/c1-4-7-10-13-16-19-21-23-25-26-27-28-30-31-33-36-39-42-45-48-54(57)60-51-52(50-59-53(56)47-44-41-38-35-18-15-12-9-6-3)61-55(58)49-46-43-40-37-34-32-29-24-22-20-17-14-11-8-5-2/h8,11,14,17,20,22,24,29,52H,4-7,9-10,12-13,15-16,18-19,21,23,25-28,30-51H2,1-3H3/b11-8-,17-14-,22-20-,29-24-. The second kappa shape index (κ2) is 50.0. The fourth-order valence-corrected chi connectivity index (χ4v) is 7.51. The molecule has 0 radical (unpaired) electrons. The SMILES string of the molecule is CC\C=C/C=C\C=C/C=C\CCCCCCCC(=O)OC(COC(=O)CCCCCCCCCCC)COC(=O)CCCCCCCCCCCCCCCCCCCCC. The average molecular weight is 855 g/mol. The number of hydrogen-bond donors (Lipinski definition) is 0. The Bertz CT molecular complexity index is 1070. The maximum atomic E-state index is 12.8. The molecule has 0 amide bonds. The van der Waals surface area contributed by atoms with Crippen LogP contribution >= 0.6 is 0 Å². The molecule has 6 heteroatoms. The Labute approximate surface area is 378 Å². The van der Waals surface area contributed by atoms with E-state index < -0.39 is 6.10 Å². The van der Waals surface area contributed by atoms with Gasteiger partial charge in [0.15, 0.2) is 6.10 Å². The van der Waals surface area contributed by atoms with Crippen LogP contribution in [0.15, 0.2) is 48.6 Å². The Morgan fingerprint density at radius 2 is 0.639 bits per heavy atom. The number of ether oxygens (including phenoxy) is 3. The molecule has 0 aliphatic heterocycles. The van der Waals surface area contributed by atoms with Gasteiger partial charge in [0.05, 0.1) is 0 Å². The third-order valence-electron chi connectivity index (χ3n) is 11.4. The van der Waals surface area contributed by atoms with Crippen molar-refractivity contribution >= 4 is 17.9 Å². The van der Waals surface area contributed by atoms with Crippen LogP contribution in [0.25, 0.3) is 0 Å². The van der Waals surface area contributed by atoms with Crippen molar-refractivity contribution in [2.45, 2.75) is 271 Å². The largest absolute Gasteiger partial charge is 0.462 e. The average Bonchev–Trinajstić information content (AvgIpc) is 3.26. The smallest absolute Gasteiger partial charge is 0.306 e. The lowest BCUT2D eigenvalue weighted by Crippen LogP contribution is -2.30. The molecule has 1 atom stereocenters. The minimum absolute atomic E-state index is 0.0795. The van der Waals surface area contributed by atoms with Crippen LogP contribution in [0.3, 0.4) is 0 Å². The monoisotopic (exact) mass is 855 g/mol. The van der Waals surface area contributed by atoms with Gasteiger partial charge in [-0.15, -0.1) is 0 Å². The summed E-state index contributed by atoms with van der Waals surface area (Å²) in [4.78, 5) is 37.9. The van der Waals surface area contributed by atoms with Gasteiger partial charge in [-0.2, -0.15) is 0 Å². The van der Waals surface area contributed by atoms with Crippen molar-refractivity contribution in [3.63, 3.8) is 0 Å². The molecule has 1 unspecified atom stereocenters. The van der Waals surface area contributed by atoms with Gasteiger partial charge in [-0.1, -0.05) is 256 Å². The summed E-state index contributed by atoms with van der Waals surface area (Å²) < 4.78 is 16.8. The van der Waals surface area contributed by atoms with Crippen LogP contribution in [0, 0.1) is 0 Å². The first-order valence-corrected chi connectivity index (χ1v) is 26.2. The normalized spacial score (nSPS) is 12.4. The molecule has 0 aliphatic rings. The number of carbonyl (C=O) groups is 3. The second-order valence-electron chi connectivity index (χ2n) is 17.5.